The van der Waals surface area contributed by atoms with Crippen molar-refractivity contribution in [3.05, 3.63) is 24.5 Å². The number of hydrogen-bond acceptors (Lipinski definition) is 1. The van der Waals surface area contributed by atoms with E-state index in [0.29, 0.717) is 0 Å². The molecule has 0 radical (unpaired) electrons. The first-order chi connectivity index (χ1) is 4.45. The molecule has 0 rings (SSSR count). The largest absolute Gasteiger partial charge is 0.549 e. The van der Waals surface area contributed by atoms with Crippen molar-refractivity contribution in [1.29, 1.82) is 0 Å². The normalized spacial score (nSPS) is 13.0. The molecular formula is C8H16OSi. The Morgan fingerprint density at radius 1 is 1.40 bits per heavy atom. The van der Waals surface area contributed by atoms with Gasteiger partial charge in [0.15, 0.2) is 0 Å². The Hall–Kier alpha value is -0.503. The summed E-state index contributed by atoms with van der Waals surface area (Å²) in [5.41, 5.74) is 1.09. The van der Waals surface area contributed by atoms with Crippen LogP contribution >= 0.6 is 0 Å². The minimum absolute atomic E-state index is 1.09. The van der Waals surface area contributed by atoms with Crippen molar-refractivity contribution in [1.82, 2.24) is 0 Å². The van der Waals surface area contributed by atoms with E-state index in [-0.39, 0.29) is 0 Å². The second-order valence-corrected chi connectivity index (χ2v) is 7.76. The molecule has 0 aliphatic rings. The molecule has 58 valence electrons. The first-order valence-corrected chi connectivity index (χ1v) is 6.83. The molecule has 0 saturated carbocycles. The van der Waals surface area contributed by atoms with E-state index in [1.165, 1.54) is 0 Å². The summed E-state index contributed by atoms with van der Waals surface area (Å²) in [6.45, 7) is 12.1. The van der Waals surface area contributed by atoms with Gasteiger partial charge in [-0.05, 0) is 32.1 Å². The molecule has 0 saturated heterocycles. The third-order valence-corrected chi connectivity index (χ3v) is 1.75. The Morgan fingerprint density at radius 3 is 2.20 bits per heavy atom. The Kier molecular flexibility index (Phi) is 3.43. The average Bonchev–Trinajstić information content (AvgIpc) is 1.81. The summed E-state index contributed by atoms with van der Waals surface area (Å²) in [6, 6.07) is 0. The Morgan fingerprint density at radius 2 is 1.90 bits per heavy atom. The van der Waals surface area contributed by atoms with Crippen LogP contribution < -0.4 is 0 Å². The van der Waals surface area contributed by atoms with Crippen LogP contribution in [0.5, 0.6) is 0 Å². The van der Waals surface area contributed by atoms with E-state index in [2.05, 4.69) is 26.2 Å². The summed E-state index contributed by atoms with van der Waals surface area (Å²) in [7, 11) is -1.36. The summed E-state index contributed by atoms with van der Waals surface area (Å²) in [4.78, 5) is 0. The zero-order valence-electron chi connectivity index (χ0n) is 7.27. The lowest BCUT2D eigenvalue weighted by molar-refractivity contribution is 0.475. The zero-order valence-corrected chi connectivity index (χ0v) is 8.27. The van der Waals surface area contributed by atoms with Crippen molar-refractivity contribution in [3.8, 4) is 0 Å². The van der Waals surface area contributed by atoms with Crippen molar-refractivity contribution < 1.29 is 4.43 Å². The van der Waals surface area contributed by atoms with Gasteiger partial charge >= 0.3 is 0 Å². The fourth-order valence-electron chi connectivity index (χ4n) is 0.318. The van der Waals surface area contributed by atoms with E-state index < -0.39 is 8.32 Å². The fraction of sp³-hybridized carbons (Fsp3) is 0.500. The molecule has 10 heavy (non-hydrogen) atoms. The van der Waals surface area contributed by atoms with Gasteiger partial charge in [-0.25, -0.2) is 0 Å². The predicted molar refractivity (Wildman–Crippen MR) is 48.4 cm³/mol. The highest BCUT2D eigenvalue weighted by Crippen LogP contribution is 2.05. The van der Waals surface area contributed by atoms with Gasteiger partial charge in [-0.1, -0.05) is 12.7 Å². The van der Waals surface area contributed by atoms with Crippen LogP contribution in [-0.2, 0) is 4.43 Å². The van der Waals surface area contributed by atoms with E-state index in [0.717, 1.165) is 5.57 Å². The first kappa shape index (κ1) is 9.50. The van der Waals surface area contributed by atoms with E-state index in [1.807, 2.05) is 6.92 Å². The molecule has 0 spiro atoms. The topological polar surface area (TPSA) is 9.23 Å². The van der Waals surface area contributed by atoms with Crippen LogP contribution in [0.15, 0.2) is 24.5 Å². The average molecular weight is 156 g/mol. The van der Waals surface area contributed by atoms with E-state index in [1.54, 1.807) is 12.3 Å². The molecule has 0 aromatic heterocycles. The van der Waals surface area contributed by atoms with Gasteiger partial charge in [-0.2, -0.15) is 0 Å². The summed E-state index contributed by atoms with van der Waals surface area (Å²) >= 11 is 0. The molecule has 0 aromatic carbocycles. The maximum absolute atomic E-state index is 5.49. The van der Waals surface area contributed by atoms with Gasteiger partial charge in [0.25, 0.3) is 0 Å². The molecule has 2 heteroatoms. The third kappa shape index (κ3) is 5.63. The fourth-order valence-corrected chi connectivity index (χ4v) is 0.857. The summed E-state index contributed by atoms with van der Waals surface area (Å²) in [5.74, 6) is 0. The lowest BCUT2D eigenvalue weighted by atomic mass is 10.3. The lowest BCUT2D eigenvalue weighted by Crippen LogP contribution is -2.22. The van der Waals surface area contributed by atoms with Crippen molar-refractivity contribution in [2.75, 3.05) is 0 Å². The van der Waals surface area contributed by atoms with E-state index >= 15 is 0 Å². The maximum atomic E-state index is 5.49. The van der Waals surface area contributed by atoms with Crippen molar-refractivity contribution in [3.63, 3.8) is 0 Å². The van der Waals surface area contributed by atoms with Gasteiger partial charge in [0.1, 0.15) is 0 Å². The molecule has 0 unspecified atom stereocenters. The smallest absolute Gasteiger partial charge is 0.241 e. The summed E-state index contributed by atoms with van der Waals surface area (Å²) < 4.78 is 5.49. The molecular weight excluding hydrogens is 140 g/mol. The maximum Gasteiger partial charge on any atom is 0.241 e. The van der Waals surface area contributed by atoms with Crippen LogP contribution in [0.25, 0.3) is 0 Å². The first-order valence-electron chi connectivity index (χ1n) is 3.43. The minimum atomic E-state index is -1.36. The van der Waals surface area contributed by atoms with Gasteiger partial charge < -0.3 is 4.43 Å². The molecule has 0 fully saturated rings. The highest BCUT2D eigenvalue weighted by molar-refractivity contribution is 6.69. The van der Waals surface area contributed by atoms with E-state index in [9.17, 15) is 0 Å². The quantitative estimate of drug-likeness (QED) is 0.347. The lowest BCUT2D eigenvalue weighted by Gasteiger charge is -2.15. The monoisotopic (exact) mass is 156 g/mol. The zero-order chi connectivity index (χ0) is 8.20. The Bertz CT molecular complexity index is 142. The summed E-state index contributed by atoms with van der Waals surface area (Å²) in [5, 5.41) is 0. The van der Waals surface area contributed by atoms with E-state index in [4.69, 9.17) is 4.43 Å². The number of hydrogen-bond donors (Lipinski definition) is 0. The Balaban J connectivity index is 3.84. The van der Waals surface area contributed by atoms with Gasteiger partial charge in [0.05, 0.1) is 6.26 Å². The highest BCUT2D eigenvalue weighted by Gasteiger charge is 2.12. The highest BCUT2D eigenvalue weighted by atomic mass is 28.4. The molecule has 0 aliphatic carbocycles. The molecule has 0 atom stereocenters. The van der Waals surface area contributed by atoms with Crippen LogP contribution in [0, 0.1) is 0 Å². The summed E-state index contributed by atoms with van der Waals surface area (Å²) in [6.07, 6.45) is 3.58. The standard InChI is InChI=1S/C8H16OSi/c1-6-8(2)7-9-10(3,4)5/h6-7H,1H2,2-5H3/b8-7+. The molecule has 0 heterocycles. The van der Waals surface area contributed by atoms with Crippen LogP contribution in [0.2, 0.25) is 19.6 Å². The molecule has 0 N–H and O–H groups in total. The molecule has 0 bridgehead atoms. The van der Waals surface area contributed by atoms with Crippen molar-refractivity contribution in [2.45, 2.75) is 26.6 Å². The molecule has 1 nitrogen and oxygen atoms in total. The van der Waals surface area contributed by atoms with Crippen LogP contribution in [0.4, 0.5) is 0 Å². The second-order valence-electron chi connectivity index (χ2n) is 3.30. The van der Waals surface area contributed by atoms with Crippen LogP contribution in [0.3, 0.4) is 0 Å². The molecule has 0 aromatic rings. The van der Waals surface area contributed by atoms with Crippen LogP contribution in [0.1, 0.15) is 6.92 Å². The predicted octanol–water partition coefficient (Wildman–Crippen LogP) is 2.93. The minimum Gasteiger partial charge on any atom is -0.549 e. The molecule has 0 amide bonds. The number of allylic oxidation sites excluding steroid dienone is 2. The van der Waals surface area contributed by atoms with Gasteiger partial charge in [0, 0.05) is 0 Å². The van der Waals surface area contributed by atoms with Crippen molar-refractivity contribution >= 4 is 8.32 Å². The Labute approximate surface area is 64.5 Å². The SMILES string of the molecule is C=C/C(C)=C/O[Si](C)(C)C. The third-order valence-electron chi connectivity index (χ3n) is 0.920. The van der Waals surface area contributed by atoms with Gasteiger partial charge in [0.2, 0.25) is 8.32 Å². The van der Waals surface area contributed by atoms with Gasteiger partial charge in [-0.3, -0.25) is 0 Å². The molecule has 0 aliphatic heterocycles. The number of rotatable bonds is 3. The van der Waals surface area contributed by atoms with Crippen LogP contribution in [-0.4, -0.2) is 8.32 Å². The van der Waals surface area contributed by atoms with Gasteiger partial charge in [-0.15, -0.1) is 0 Å². The second kappa shape index (κ2) is 3.61. The van der Waals surface area contributed by atoms with Crippen molar-refractivity contribution in [2.24, 2.45) is 0 Å².